The monoisotopic (exact) mass is 237 g/mol. The summed E-state index contributed by atoms with van der Waals surface area (Å²) in [4.78, 5) is 8.40. The van der Waals surface area contributed by atoms with Gasteiger partial charge in [0.1, 0.15) is 10.3 Å². The summed E-state index contributed by atoms with van der Waals surface area (Å²) in [5.74, 6) is 0. The van der Waals surface area contributed by atoms with Gasteiger partial charge in [-0.2, -0.15) is 4.52 Å². The summed E-state index contributed by atoms with van der Waals surface area (Å²) in [5, 5.41) is 4.20. The maximum Gasteiger partial charge on any atom is 0.203 e. The fourth-order valence-corrected chi connectivity index (χ4v) is 1.53. The number of rotatable bonds is 0. The van der Waals surface area contributed by atoms with Crippen LogP contribution in [0.2, 0.25) is 0 Å². The maximum absolute atomic E-state index is 4.27. The first-order valence-corrected chi connectivity index (χ1v) is 4.48. The molecule has 0 amide bonds. The Labute approximate surface area is 81.1 Å². The first kappa shape index (κ1) is 7.02. The molecule has 0 unspecified atom stereocenters. The molecule has 0 bridgehead atoms. The molecule has 64 valence electrons. The second kappa shape index (κ2) is 2.29. The van der Waals surface area contributed by atoms with E-state index in [0.717, 1.165) is 5.65 Å². The van der Waals surface area contributed by atoms with E-state index in [4.69, 9.17) is 0 Å². The van der Waals surface area contributed by atoms with E-state index < -0.39 is 0 Å². The summed E-state index contributed by atoms with van der Waals surface area (Å²) in [6.07, 6.45) is 5.36. The van der Waals surface area contributed by atoms with Crippen molar-refractivity contribution in [1.82, 2.24) is 19.6 Å². The third-order valence-corrected chi connectivity index (χ3v) is 2.17. The topological polar surface area (TPSA) is 48.4 Å². The highest BCUT2D eigenvalue weighted by atomic mass is 79.9. The average molecular weight is 238 g/mol. The van der Waals surface area contributed by atoms with Gasteiger partial charge in [-0.25, -0.2) is 4.98 Å². The second-order valence-electron chi connectivity index (χ2n) is 2.60. The molecule has 0 radical (unpaired) electrons. The van der Waals surface area contributed by atoms with Crippen LogP contribution in [0.1, 0.15) is 0 Å². The van der Waals surface area contributed by atoms with Crippen molar-refractivity contribution in [2.24, 2.45) is 0 Å². The zero-order chi connectivity index (χ0) is 8.84. The van der Waals surface area contributed by atoms with E-state index in [0.29, 0.717) is 10.3 Å². The van der Waals surface area contributed by atoms with Crippen molar-refractivity contribution >= 4 is 27.2 Å². The van der Waals surface area contributed by atoms with Gasteiger partial charge in [0.2, 0.25) is 6.20 Å². The van der Waals surface area contributed by atoms with Crippen LogP contribution in [-0.2, 0) is 0 Å². The molecule has 3 rings (SSSR count). The Morgan fingerprint density at radius 1 is 1.54 bits per heavy atom. The average Bonchev–Trinajstić information content (AvgIpc) is 2.64. The minimum absolute atomic E-state index is 0.642. The number of hydrogen-bond acceptors (Lipinski definition) is 2. The largest absolute Gasteiger partial charge is 0.359 e. The van der Waals surface area contributed by atoms with Crippen molar-refractivity contribution in [1.29, 1.82) is 0 Å². The van der Waals surface area contributed by atoms with Gasteiger partial charge in [-0.1, -0.05) is 4.63 Å². The first-order chi connectivity index (χ1) is 6.34. The molecule has 0 fully saturated rings. The number of fused-ring (bicyclic) bond motifs is 3. The van der Waals surface area contributed by atoms with Crippen molar-refractivity contribution in [3.63, 3.8) is 0 Å². The predicted molar refractivity (Wildman–Crippen MR) is 47.2 cm³/mol. The van der Waals surface area contributed by atoms with E-state index in [1.165, 1.54) is 0 Å². The Hall–Kier alpha value is -1.43. The van der Waals surface area contributed by atoms with Crippen LogP contribution in [0.25, 0.3) is 11.3 Å². The van der Waals surface area contributed by atoms with Crippen molar-refractivity contribution in [3.8, 4) is 0 Å². The summed E-state index contributed by atoms with van der Waals surface area (Å²) in [6.45, 7) is 0. The zero-order valence-corrected chi connectivity index (χ0v) is 8.01. The predicted octanol–water partition coefficient (Wildman–Crippen LogP) is 0.188. The van der Waals surface area contributed by atoms with E-state index in [9.17, 15) is 0 Å². The zero-order valence-electron chi connectivity index (χ0n) is 6.42. The van der Waals surface area contributed by atoms with Crippen LogP contribution in [0.5, 0.6) is 0 Å². The maximum atomic E-state index is 4.27. The van der Waals surface area contributed by atoms with E-state index >= 15 is 0 Å². The number of nitrogens with zero attached hydrogens (tertiary/aromatic N) is 5. The van der Waals surface area contributed by atoms with E-state index in [1.54, 1.807) is 10.8 Å². The van der Waals surface area contributed by atoms with Gasteiger partial charge in [0.05, 0.1) is 0 Å². The summed E-state index contributed by atoms with van der Waals surface area (Å²) >= 11 is 3.27. The van der Waals surface area contributed by atoms with Crippen molar-refractivity contribution in [3.05, 3.63) is 29.3 Å². The number of halogens is 1. The minimum atomic E-state index is 0.642. The fourth-order valence-electron chi connectivity index (χ4n) is 1.26. The molecule has 0 saturated carbocycles. The van der Waals surface area contributed by atoms with Gasteiger partial charge < -0.3 is 4.98 Å². The molecular formula is C7H4BrN5. The normalized spacial score (nSPS) is 11.5. The highest BCUT2D eigenvalue weighted by Crippen LogP contribution is 2.07. The lowest BCUT2D eigenvalue weighted by molar-refractivity contribution is -0.674. The lowest BCUT2D eigenvalue weighted by atomic mass is 10.6. The summed E-state index contributed by atoms with van der Waals surface area (Å²) in [7, 11) is 0. The molecule has 0 atom stereocenters. The summed E-state index contributed by atoms with van der Waals surface area (Å²) in [5.41, 5.74) is 1.39. The third kappa shape index (κ3) is 0.888. The standard InChI is InChI=1S/C7H4BrN5/c8-5-4-9-6-7(10-5)12-2-1-3-13(12)11-6/h1-4H. The van der Waals surface area contributed by atoms with E-state index in [1.807, 2.05) is 23.0 Å². The second-order valence-corrected chi connectivity index (χ2v) is 3.41. The molecule has 0 saturated heterocycles. The number of aromatic nitrogens is 5. The van der Waals surface area contributed by atoms with Crippen LogP contribution >= 0.6 is 15.9 Å². The lowest BCUT2D eigenvalue weighted by Crippen LogP contribution is -2.28. The summed E-state index contributed by atoms with van der Waals surface area (Å²) in [6, 6.07) is 1.90. The molecule has 6 heteroatoms. The van der Waals surface area contributed by atoms with Crippen LogP contribution < -0.4 is 9.73 Å². The molecular weight excluding hydrogens is 234 g/mol. The Kier molecular flexibility index (Phi) is 1.24. The molecule has 0 spiro atoms. The Morgan fingerprint density at radius 2 is 2.46 bits per heavy atom. The highest BCUT2D eigenvalue weighted by molar-refractivity contribution is 9.10. The molecule has 0 aliphatic rings. The van der Waals surface area contributed by atoms with Crippen LogP contribution in [-0.4, -0.2) is 14.5 Å². The Bertz CT molecular complexity index is 581. The molecule has 0 aliphatic carbocycles. The van der Waals surface area contributed by atoms with Crippen molar-refractivity contribution in [2.75, 3.05) is 0 Å². The van der Waals surface area contributed by atoms with E-state index in [2.05, 4.69) is 31.0 Å². The van der Waals surface area contributed by atoms with Gasteiger partial charge in [-0.15, -0.1) is 5.10 Å². The van der Waals surface area contributed by atoms with Crippen molar-refractivity contribution in [2.45, 2.75) is 0 Å². The van der Waals surface area contributed by atoms with Crippen LogP contribution in [0.4, 0.5) is 0 Å². The van der Waals surface area contributed by atoms with Gasteiger partial charge in [0.15, 0.2) is 5.65 Å². The molecule has 0 N–H and O–H groups in total. The molecule has 5 nitrogen and oxygen atoms in total. The fraction of sp³-hybridized carbons (Fsp3) is 0. The first-order valence-electron chi connectivity index (χ1n) is 3.69. The van der Waals surface area contributed by atoms with Gasteiger partial charge in [-0.05, 0) is 22.1 Å². The van der Waals surface area contributed by atoms with Gasteiger partial charge in [0.25, 0.3) is 0 Å². The molecule has 13 heavy (non-hydrogen) atoms. The highest BCUT2D eigenvalue weighted by Gasteiger charge is 2.04. The van der Waals surface area contributed by atoms with E-state index in [-0.39, 0.29) is 0 Å². The Morgan fingerprint density at radius 3 is 3.38 bits per heavy atom. The smallest absolute Gasteiger partial charge is 0.203 e. The van der Waals surface area contributed by atoms with Gasteiger partial charge in [0, 0.05) is 12.3 Å². The number of hydrogen-bond donors (Lipinski definition) is 0. The van der Waals surface area contributed by atoms with Gasteiger partial charge in [-0.3, -0.25) is 0 Å². The minimum Gasteiger partial charge on any atom is -0.359 e. The lowest BCUT2D eigenvalue weighted by Gasteiger charge is -1.91. The van der Waals surface area contributed by atoms with Crippen LogP contribution in [0.3, 0.4) is 0 Å². The SMILES string of the molecule is Brc1cnc2[n-][n+]3cccn3c2n1. The molecule has 0 aromatic carbocycles. The van der Waals surface area contributed by atoms with Crippen molar-refractivity contribution < 1.29 is 4.63 Å². The Balaban J connectivity index is 2.61. The summed E-state index contributed by atoms with van der Waals surface area (Å²) < 4.78 is 4.23. The molecule has 3 aromatic rings. The quantitative estimate of drug-likeness (QED) is 0.525. The van der Waals surface area contributed by atoms with Crippen LogP contribution in [0, 0.1) is 0 Å². The molecule has 3 heterocycles. The van der Waals surface area contributed by atoms with Gasteiger partial charge >= 0.3 is 0 Å². The molecule has 3 aromatic heterocycles. The molecule has 0 aliphatic heterocycles. The third-order valence-electron chi connectivity index (χ3n) is 1.79. The van der Waals surface area contributed by atoms with Crippen LogP contribution in [0.15, 0.2) is 29.3 Å².